The molecule has 0 aromatic heterocycles. The van der Waals surface area contributed by atoms with E-state index < -0.39 is 22.5 Å². The molecule has 3 aromatic carbocycles. The highest BCUT2D eigenvalue weighted by atomic mass is 35.5. The van der Waals surface area contributed by atoms with Crippen molar-refractivity contribution in [1.82, 2.24) is 4.31 Å². The highest BCUT2D eigenvalue weighted by Crippen LogP contribution is 2.21. The van der Waals surface area contributed by atoms with Gasteiger partial charge in [-0.25, -0.2) is 8.42 Å². The number of nitrogens with one attached hydrogen (secondary N) is 2. The number of rotatable bonds is 8. The van der Waals surface area contributed by atoms with Gasteiger partial charge >= 0.3 is 0 Å². The number of nitrogens with zero attached hydrogens (tertiary/aromatic N) is 1. The molecule has 7 nitrogen and oxygen atoms in total. The van der Waals surface area contributed by atoms with Gasteiger partial charge in [0.05, 0.1) is 11.4 Å². The zero-order valence-corrected chi connectivity index (χ0v) is 18.9. The molecule has 9 heteroatoms. The fourth-order valence-corrected chi connectivity index (χ4v) is 4.52. The molecule has 0 aliphatic rings. The summed E-state index contributed by atoms with van der Waals surface area (Å²) in [5, 5.41) is 5.73. The number of anilines is 2. The predicted octanol–water partition coefficient (Wildman–Crippen LogP) is 4.13. The molecule has 0 unspecified atom stereocenters. The van der Waals surface area contributed by atoms with Crippen molar-refractivity contribution in [1.29, 1.82) is 0 Å². The summed E-state index contributed by atoms with van der Waals surface area (Å²) in [5.74, 6) is -0.755. The van der Waals surface area contributed by atoms with E-state index in [0.29, 0.717) is 16.4 Å². The quantitative estimate of drug-likeness (QED) is 0.516. The highest BCUT2D eigenvalue weighted by Gasteiger charge is 2.27. The minimum absolute atomic E-state index is 0.0190. The first-order chi connectivity index (χ1) is 15.2. The third-order valence-electron chi connectivity index (χ3n) is 4.44. The van der Waals surface area contributed by atoms with Gasteiger partial charge in [0, 0.05) is 29.9 Å². The summed E-state index contributed by atoms with van der Waals surface area (Å²) in [6.07, 6.45) is 0. The van der Waals surface area contributed by atoms with Crippen molar-refractivity contribution in [2.45, 2.75) is 18.4 Å². The van der Waals surface area contributed by atoms with Gasteiger partial charge in [0.15, 0.2) is 0 Å². The Hall–Kier alpha value is -3.20. The van der Waals surface area contributed by atoms with E-state index in [1.165, 1.54) is 31.2 Å². The normalized spacial score (nSPS) is 11.2. The van der Waals surface area contributed by atoms with Crippen molar-refractivity contribution >= 4 is 44.8 Å². The van der Waals surface area contributed by atoms with Crippen molar-refractivity contribution in [3.63, 3.8) is 0 Å². The third-order valence-corrected chi connectivity index (χ3v) is 6.50. The fourth-order valence-electron chi connectivity index (χ4n) is 3.01. The molecule has 0 heterocycles. The van der Waals surface area contributed by atoms with E-state index in [-0.39, 0.29) is 17.3 Å². The van der Waals surface area contributed by atoms with Crippen LogP contribution in [0, 0.1) is 0 Å². The molecule has 32 heavy (non-hydrogen) atoms. The van der Waals surface area contributed by atoms with Crippen LogP contribution in [0.15, 0.2) is 83.8 Å². The van der Waals surface area contributed by atoms with Crippen molar-refractivity contribution in [2.75, 3.05) is 17.2 Å². The first-order valence-electron chi connectivity index (χ1n) is 9.71. The Morgan fingerprint density at radius 3 is 2.12 bits per heavy atom. The lowest BCUT2D eigenvalue weighted by Crippen LogP contribution is -2.37. The average Bonchev–Trinajstić information content (AvgIpc) is 2.74. The van der Waals surface area contributed by atoms with Gasteiger partial charge in [-0.05, 0) is 48.0 Å². The smallest absolute Gasteiger partial charge is 0.243 e. The number of halogens is 1. The zero-order chi connectivity index (χ0) is 23.1. The Bertz CT molecular complexity index is 1200. The number of carbonyl (C=O) groups excluding carboxylic acids is 2. The number of benzene rings is 3. The molecule has 0 aliphatic heterocycles. The first-order valence-corrected chi connectivity index (χ1v) is 11.5. The maximum Gasteiger partial charge on any atom is 0.243 e. The van der Waals surface area contributed by atoms with E-state index >= 15 is 0 Å². The lowest BCUT2D eigenvalue weighted by Gasteiger charge is -2.22. The van der Waals surface area contributed by atoms with Crippen molar-refractivity contribution in [3.8, 4) is 0 Å². The van der Waals surface area contributed by atoms with E-state index in [1.54, 1.807) is 48.5 Å². The first kappa shape index (κ1) is 23.5. The van der Waals surface area contributed by atoms with Gasteiger partial charge in [0.2, 0.25) is 21.8 Å². The molecule has 0 saturated carbocycles. The lowest BCUT2D eigenvalue weighted by molar-refractivity contribution is -0.116. The zero-order valence-electron chi connectivity index (χ0n) is 17.3. The molecule has 0 radical (unpaired) electrons. The van der Waals surface area contributed by atoms with Gasteiger partial charge in [-0.15, -0.1) is 0 Å². The fraction of sp³-hybridized carbons (Fsp3) is 0.130. The van der Waals surface area contributed by atoms with Crippen LogP contribution in [-0.2, 0) is 26.2 Å². The SMILES string of the molecule is CC(=O)Nc1cccc(NC(=O)CN(Cc2ccccc2)S(=O)(=O)c2ccc(Cl)cc2)c1. The summed E-state index contributed by atoms with van der Waals surface area (Å²) in [6, 6.07) is 21.4. The standard InChI is InChI=1S/C23H22ClN3O4S/c1-17(28)25-20-8-5-9-21(14-20)26-23(29)16-27(15-18-6-3-2-4-7-18)32(30,31)22-12-10-19(24)11-13-22/h2-14H,15-16H2,1H3,(H,25,28)(H,26,29). The minimum atomic E-state index is -3.97. The monoisotopic (exact) mass is 471 g/mol. The van der Waals surface area contributed by atoms with Crippen LogP contribution in [0.5, 0.6) is 0 Å². The van der Waals surface area contributed by atoms with E-state index in [9.17, 15) is 18.0 Å². The molecule has 0 fully saturated rings. The van der Waals surface area contributed by atoms with Gasteiger partial charge in [-0.3, -0.25) is 9.59 Å². The van der Waals surface area contributed by atoms with Crippen molar-refractivity contribution < 1.29 is 18.0 Å². The van der Waals surface area contributed by atoms with Crippen LogP contribution in [-0.4, -0.2) is 31.1 Å². The summed E-state index contributed by atoms with van der Waals surface area (Å²) in [6.45, 7) is 1.00. The largest absolute Gasteiger partial charge is 0.326 e. The van der Waals surface area contributed by atoms with Crippen molar-refractivity contribution in [2.24, 2.45) is 0 Å². The Labute approximate surface area is 192 Å². The predicted molar refractivity (Wildman–Crippen MR) is 125 cm³/mol. The lowest BCUT2D eigenvalue weighted by atomic mass is 10.2. The topological polar surface area (TPSA) is 95.6 Å². The second-order valence-corrected chi connectivity index (χ2v) is 9.40. The molecule has 2 amide bonds. The van der Waals surface area contributed by atoms with Crippen LogP contribution >= 0.6 is 11.6 Å². The van der Waals surface area contributed by atoms with Gasteiger partial charge in [0.1, 0.15) is 0 Å². The molecule has 0 bridgehead atoms. The second-order valence-electron chi connectivity index (χ2n) is 7.02. The summed E-state index contributed by atoms with van der Waals surface area (Å²) < 4.78 is 27.6. The molecule has 0 atom stereocenters. The highest BCUT2D eigenvalue weighted by molar-refractivity contribution is 7.89. The van der Waals surface area contributed by atoms with Gasteiger partial charge in [-0.2, -0.15) is 4.31 Å². The number of sulfonamides is 1. The summed E-state index contributed by atoms with van der Waals surface area (Å²) in [5.41, 5.74) is 1.69. The summed E-state index contributed by atoms with van der Waals surface area (Å²) in [4.78, 5) is 24.0. The van der Waals surface area contributed by atoms with Crippen LogP contribution in [0.4, 0.5) is 11.4 Å². The van der Waals surface area contributed by atoms with E-state index in [2.05, 4.69) is 10.6 Å². The third kappa shape index (κ3) is 6.40. The molecular formula is C23H22ClN3O4S. The van der Waals surface area contributed by atoms with Gasteiger partial charge in [-0.1, -0.05) is 48.0 Å². The number of hydrogen-bond acceptors (Lipinski definition) is 4. The number of hydrogen-bond donors (Lipinski definition) is 2. The molecule has 0 saturated heterocycles. The Morgan fingerprint density at radius 1 is 0.875 bits per heavy atom. The van der Waals surface area contributed by atoms with Crippen LogP contribution in [0.2, 0.25) is 5.02 Å². The Morgan fingerprint density at radius 2 is 1.50 bits per heavy atom. The minimum Gasteiger partial charge on any atom is -0.326 e. The summed E-state index contributed by atoms with van der Waals surface area (Å²) >= 11 is 5.89. The van der Waals surface area contributed by atoms with Crippen LogP contribution < -0.4 is 10.6 Å². The molecular weight excluding hydrogens is 450 g/mol. The Balaban J connectivity index is 1.83. The van der Waals surface area contributed by atoms with E-state index in [0.717, 1.165) is 9.87 Å². The van der Waals surface area contributed by atoms with Crippen molar-refractivity contribution in [3.05, 3.63) is 89.4 Å². The van der Waals surface area contributed by atoms with Crippen LogP contribution in [0.3, 0.4) is 0 Å². The maximum absolute atomic E-state index is 13.3. The number of amides is 2. The van der Waals surface area contributed by atoms with E-state index in [4.69, 9.17) is 11.6 Å². The van der Waals surface area contributed by atoms with Crippen LogP contribution in [0.1, 0.15) is 12.5 Å². The molecule has 3 aromatic rings. The van der Waals surface area contributed by atoms with Gasteiger partial charge < -0.3 is 10.6 Å². The second kappa shape index (κ2) is 10.4. The molecule has 166 valence electrons. The molecule has 2 N–H and O–H groups in total. The number of carbonyl (C=O) groups is 2. The van der Waals surface area contributed by atoms with Gasteiger partial charge in [0.25, 0.3) is 0 Å². The molecule has 3 rings (SSSR count). The molecule has 0 spiro atoms. The molecule has 0 aliphatic carbocycles. The maximum atomic E-state index is 13.3. The van der Waals surface area contributed by atoms with E-state index in [1.807, 2.05) is 6.07 Å². The average molecular weight is 472 g/mol. The Kier molecular flexibility index (Phi) is 7.63. The van der Waals surface area contributed by atoms with Crippen LogP contribution in [0.25, 0.3) is 0 Å². The summed E-state index contributed by atoms with van der Waals surface area (Å²) in [7, 11) is -3.97.